The van der Waals surface area contributed by atoms with Crippen molar-refractivity contribution in [2.45, 2.75) is 32.0 Å². The smallest absolute Gasteiger partial charge is 0.387 e. The van der Waals surface area contributed by atoms with Crippen molar-refractivity contribution in [3.05, 3.63) is 71.4 Å². The lowest BCUT2D eigenvalue weighted by Gasteiger charge is -2.20. The van der Waals surface area contributed by atoms with Crippen LogP contribution in [-0.2, 0) is 11.3 Å². The number of carbonyl (C=O) groups is 2. The Labute approximate surface area is 203 Å². The van der Waals surface area contributed by atoms with Gasteiger partial charge in [0.25, 0.3) is 11.8 Å². The number of rotatable bonds is 8. The summed E-state index contributed by atoms with van der Waals surface area (Å²) in [5.41, 5.74) is -0.347. The second-order valence-electron chi connectivity index (χ2n) is 7.94. The van der Waals surface area contributed by atoms with Gasteiger partial charge in [0.2, 0.25) is 0 Å². The number of nitrogens with one attached hydrogen (secondary N) is 1. The fourth-order valence-corrected chi connectivity index (χ4v) is 4.08. The first kappa shape index (κ1) is 25.0. The molecule has 36 heavy (non-hydrogen) atoms. The van der Waals surface area contributed by atoms with Gasteiger partial charge in [-0.1, -0.05) is 0 Å². The number of hydrogen-bond acceptors (Lipinski definition) is 5. The van der Waals surface area contributed by atoms with Gasteiger partial charge in [-0.15, -0.1) is 0 Å². The zero-order chi connectivity index (χ0) is 26.0. The second-order valence-corrected chi connectivity index (χ2v) is 7.94. The molecule has 1 aliphatic rings. The molecule has 1 N–H and O–H groups in total. The van der Waals surface area contributed by atoms with Crippen molar-refractivity contribution in [2.75, 3.05) is 18.6 Å². The Hall–Kier alpha value is -4.09. The summed E-state index contributed by atoms with van der Waals surface area (Å²) in [4.78, 5) is 27.5. The lowest BCUT2D eigenvalue weighted by Crippen LogP contribution is -2.44. The van der Waals surface area contributed by atoms with Crippen LogP contribution in [0.2, 0.25) is 0 Å². The van der Waals surface area contributed by atoms with E-state index in [2.05, 4.69) is 15.2 Å². The number of nitrogens with zero attached hydrogens (tertiary/aromatic N) is 3. The topological polar surface area (TPSA) is 85.7 Å². The summed E-state index contributed by atoms with van der Waals surface area (Å²) in [6.07, 6.45) is 1.65. The Morgan fingerprint density at radius 3 is 2.36 bits per heavy atom. The highest BCUT2D eigenvalue weighted by molar-refractivity contribution is 6.04. The zero-order valence-electron chi connectivity index (χ0n) is 19.3. The van der Waals surface area contributed by atoms with E-state index in [1.807, 2.05) is 6.92 Å². The number of alkyl halides is 2. The van der Waals surface area contributed by atoms with E-state index in [-0.39, 0.29) is 35.0 Å². The van der Waals surface area contributed by atoms with Gasteiger partial charge in [0.15, 0.2) is 5.82 Å². The van der Waals surface area contributed by atoms with Crippen LogP contribution in [0.3, 0.4) is 0 Å². The van der Waals surface area contributed by atoms with Crippen molar-refractivity contribution in [1.82, 2.24) is 15.1 Å². The first-order valence-electron chi connectivity index (χ1n) is 10.9. The minimum Gasteiger partial charge on any atom is -0.497 e. The minimum atomic E-state index is -3.03. The number of ether oxygens (including phenoxy) is 2. The molecule has 1 fully saturated rings. The molecule has 2 heterocycles. The van der Waals surface area contributed by atoms with Crippen LogP contribution in [0.4, 0.5) is 23.4 Å². The molecule has 3 aromatic rings. The Bertz CT molecular complexity index is 1240. The standard InChI is InChI=1S/C24H22F4N4O4/c1-3-31-9-8-19(30-31)32-12-16(20-17(25)10-15(35-2)11-18(20)26)21(23(32)34)29-22(33)13-4-6-14(7-5-13)36-24(27)28/h4-11,16,21,24H,3,12H2,1-2H3,(H,29,33)/t16-,21-/m0/s1. The molecule has 2 atom stereocenters. The highest BCUT2D eigenvalue weighted by atomic mass is 19.3. The molecule has 8 nitrogen and oxygen atoms in total. The maximum absolute atomic E-state index is 15.0. The molecule has 0 bridgehead atoms. The number of hydrogen-bond donors (Lipinski definition) is 1. The monoisotopic (exact) mass is 506 g/mol. The van der Waals surface area contributed by atoms with Crippen molar-refractivity contribution in [1.29, 1.82) is 0 Å². The minimum absolute atomic E-state index is 0.0348. The van der Waals surface area contributed by atoms with Crippen LogP contribution in [0, 0.1) is 11.6 Å². The molecule has 0 spiro atoms. The maximum Gasteiger partial charge on any atom is 0.387 e. The average molecular weight is 506 g/mol. The van der Waals surface area contributed by atoms with Gasteiger partial charge in [0, 0.05) is 54.5 Å². The number of aromatic nitrogens is 2. The van der Waals surface area contributed by atoms with Gasteiger partial charge in [-0.25, -0.2) is 8.78 Å². The van der Waals surface area contributed by atoms with Gasteiger partial charge in [-0.2, -0.15) is 13.9 Å². The molecular weight excluding hydrogens is 484 g/mol. The molecule has 12 heteroatoms. The van der Waals surface area contributed by atoms with Crippen molar-refractivity contribution >= 4 is 17.6 Å². The summed E-state index contributed by atoms with van der Waals surface area (Å²) in [7, 11) is 1.26. The fraction of sp³-hybridized carbons (Fsp3) is 0.292. The summed E-state index contributed by atoms with van der Waals surface area (Å²) in [6, 6.07) is 7.05. The third-order valence-electron chi connectivity index (χ3n) is 5.83. The number of carbonyl (C=O) groups excluding carboxylic acids is 2. The average Bonchev–Trinajstić information content (AvgIpc) is 3.44. The van der Waals surface area contributed by atoms with E-state index in [0.717, 1.165) is 12.1 Å². The van der Waals surface area contributed by atoms with E-state index in [0.29, 0.717) is 6.54 Å². The van der Waals surface area contributed by atoms with Gasteiger partial charge in [0.05, 0.1) is 7.11 Å². The van der Waals surface area contributed by atoms with Crippen LogP contribution in [0.25, 0.3) is 0 Å². The molecule has 1 aliphatic heterocycles. The zero-order valence-corrected chi connectivity index (χ0v) is 19.3. The van der Waals surface area contributed by atoms with E-state index < -0.39 is 42.0 Å². The summed E-state index contributed by atoms with van der Waals surface area (Å²) in [5, 5.41) is 6.83. The van der Waals surface area contributed by atoms with Gasteiger partial charge in [0.1, 0.15) is 29.2 Å². The van der Waals surface area contributed by atoms with E-state index >= 15 is 0 Å². The SMILES string of the molecule is CCn1ccc(N2C[C@@H](c3c(F)cc(OC)cc3F)[C@H](NC(=O)c3ccc(OC(F)F)cc3)C2=O)n1. The molecule has 0 radical (unpaired) electrons. The summed E-state index contributed by atoms with van der Waals surface area (Å²) in [6.45, 7) is -0.781. The molecule has 4 rings (SSSR count). The van der Waals surface area contributed by atoms with E-state index in [9.17, 15) is 27.2 Å². The summed E-state index contributed by atoms with van der Waals surface area (Å²) < 4.78 is 65.5. The maximum atomic E-state index is 15.0. The Morgan fingerprint density at radius 2 is 1.81 bits per heavy atom. The first-order valence-corrected chi connectivity index (χ1v) is 10.9. The van der Waals surface area contributed by atoms with Crippen molar-refractivity contribution in [3.8, 4) is 11.5 Å². The van der Waals surface area contributed by atoms with Crippen LogP contribution >= 0.6 is 0 Å². The molecule has 1 aromatic heterocycles. The predicted molar refractivity (Wildman–Crippen MR) is 120 cm³/mol. The van der Waals surface area contributed by atoms with Gasteiger partial charge in [-0.3, -0.25) is 19.2 Å². The largest absolute Gasteiger partial charge is 0.497 e. The summed E-state index contributed by atoms with van der Waals surface area (Å²) in [5.74, 6) is -4.23. The Balaban J connectivity index is 1.66. The molecule has 2 amide bonds. The van der Waals surface area contributed by atoms with Crippen LogP contribution in [-0.4, -0.2) is 47.9 Å². The molecular formula is C24H22F4N4O4. The Morgan fingerprint density at radius 1 is 1.14 bits per heavy atom. The molecule has 0 aliphatic carbocycles. The van der Waals surface area contributed by atoms with E-state index in [1.165, 1.54) is 36.3 Å². The first-order chi connectivity index (χ1) is 17.2. The number of amides is 2. The Kier molecular flexibility index (Phi) is 7.13. The number of benzene rings is 2. The highest BCUT2D eigenvalue weighted by Crippen LogP contribution is 2.36. The molecule has 0 unspecified atom stereocenters. The third kappa shape index (κ3) is 4.97. The molecule has 1 saturated heterocycles. The van der Waals surface area contributed by atoms with Gasteiger partial charge < -0.3 is 14.8 Å². The lowest BCUT2D eigenvalue weighted by atomic mass is 9.92. The predicted octanol–water partition coefficient (Wildman–Crippen LogP) is 3.72. The van der Waals surface area contributed by atoms with Crippen LogP contribution in [0.15, 0.2) is 48.7 Å². The van der Waals surface area contributed by atoms with Crippen LogP contribution in [0.1, 0.15) is 28.8 Å². The molecule has 190 valence electrons. The van der Waals surface area contributed by atoms with E-state index in [4.69, 9.17) is 4.74 Å². The third-order valence-corrected chi connectivity index (χ3v) is 5.83. The van der Waals surface area contributed by atoms with Crippen molar-refractivity contribution in [2.24, 2.45) is 0 Å². The second kappa shape index (κ2) is 10.3. The normalized spacial score (nSPS) is 17.5. The highest BCUT2D eigenvalue weighted by Gasteiger charge is 2.45. The van der Waals surface area contributed by atoms with E-state index in [1.54, 1.807) is 16.9 Å². The molecule has 2 aromatic carbocycles. The number of halogens is 4. The van der Waals surface area contributed by atoms with Gasteiger partial charge in [-0.05, 0) is 31.2 Å². The van der Waals surface area contributed by atoms with Gasteiger partial charge >= 0.3 is 6.61 Å². The number of methoxy groups -OCH3 is 1. The number of aryl methyl sites for hydroxylation is 1. The van der Waals surface area contributed by atoms with Crippen LogP contribution < -0.4 is 19.7 Å². The summed E-state index contributed by atoms with van der Waals surface area (Å²) >= 11 is 0. The van der Waals surface area contributed by atoms with Crippen molar-refractivity contribution < 1.29 is 36.6 Å². The lowest BCUT2D eigenvalue weighted by molar-refractivity contribution is -0.118. The molecule has 0 saturated carbocycles. The fourth-order valence-electron chi connectivity index (χ4n) is 4.08. The van der Waals surface area contributed by atoms with Crippen molar-refractivity contribution in [3.63, 3.8) is 0 Å². The quantitative estimate of drug-likeness (QED) is 0.471. The van der Waals surface area contributed by atoms with Crippen LogP contribution in [0.5, 0.6) is 11.5 Å². The number of anilines is 1.